The number of halogens is 1. The number of rotatable bonds is 5. The highest BCUT2D eigenvalue weighted by Gasteiger charge is 2.09. The quantitative estimate of drug-likeness (QED) is 0.466. The summed E-state index contributed by atoms with van der Waals surface area (Å²) >= 11 is 2.15. The van der Waals surface area contributed by atoms with E-state index in [1.165, 1.54) is 0 Å². The highest BCUT2D eigenvalue weighted by atomic mass is 127. The van der Waals surface area contributed by atoms with Gasteiger partial charge in [0.2, 0.25) is 0 Å². The molecule has 0 bridgehead atoms. The molecule has 2 aromatic rings. The first-order valence-corrected chi connectivity index (χ1v) is 7.38. The van der Waals surface area contributed by atoms with Crippen molar-refractivity contribution < 1.29 is 14.3 Å². The van der Waals surface area contributed by atoms with Gasteiger partial charge in [0.05, 0.1) is 24.0 Å². The number of carbonyl (C=O) groups is 1. The summed E-state index contributed by atoms with van der Waals surface area (Å²) in [6.45, 7) is 0. The Morgan fingerprint density at radius 2 is 2.00 bits per heavy atom. The first-order chi connectivity index (χ1) is 10.7. The number of nitrogens with zero attached hydrogens (tertiary/aromatic N) is 2. The zero-order chi connectivity index (χ0) is 15.9. The van der Waals surface area contributed by atoms with Gasteiger partial charge in [0, 0.05) is 18.0 Å². The van der Waals surface area contributed by atoms with E-state index in [2.05, 4.69) is 38.1 Å². The highest BCUT2D eigenvalue weighted by Crippen LogP contribution is 2.32. The molecule has 114 valence electrons. The average molecular weight is 411 g/mol. The number of benzene rings is 1. The lowest BCUT2D eigenvalue weighted by molar-refractivity contribution is 0.0955. The van der Waals surface area contributed by atoms with Crippen molar-refractivity contribution in [3.05, 3.63) is 51.4 Å². The Morgan fingerprint density at radius 3 is 2.64 bits per heavy atom. The zero-order valence-corrected chi connectivity index (χ0v) is 14.2. The number of ether oxygens (including phenoxy) is 2. The predicted molar refractivity (Wildman–Crippen MR) is 91.6 cm³/mol. The summed E-state index contributed by atoms with van der Waals surface area (Å²) in [7, 11) is 3.16. The third-order valence-corrected chi connectivity index (χ3v) is 3.58. The molecule has 1 heterocycles. The van der Waals surface area contributed by atoms with Gasteiger partial charge in [0.25, 0.3) is 5.91 Å². The van der Waals surface area contributed by atoms with Gasteiger partial charge >= 0.3 is 0 Å². The minimum absolute atomic E-state index is 0.297. The van der Waals surface area contributed by atoms with Crippen LogP contribution in [0.25, 0.3) is 0 Å². The largest absolute Gasteiger partial charge is 0.493 e. The minimum atomic E-state index is -0.297. The molecule has 0 spiro atoms. The molecule has 0 aliphatic carbocycles. The maximum absolute atomic E-state index is 11.8. The van der Waals surface area contributed by atoms with E-state index < -0.39 is 0 Å². The van der Waals surface area contributed by atoms with Crippen LogP contribution in [0.3, 0.4) is 0 Å². The Bertz CT molecular complexity index is 690. The summed E-state index contributed by atoms with van der Waals surface area (Å²) in [5.41, 5.74) is 3.74. The van der Waals surface area contributed by atoms with Gasteiger partial charge in [-0.3, -0.25) is 9.78 Å². The Labute approximate surface area is 141 Å². The van der Waals surface area contributed by atoms with E-state index in [1.807, 2.05) is 6.07 Å². The third kappa shape index (κ3) is 3.94. The summed E-state index contributed by atoms with van der Waals surface area (Å²) in [5.74, 6) is 0.978. The van der Waals surface area contributed by atoms with Gasteiger partial charge in [-0.05, 0) is 52.4 Å². The van der Waals surface area contributed by atoms with Crippen LogP contribution in [0.1, 0.15) is 15.9 Å². The van der Waals surface area contributed by atoms with Gasteiger partial charge in [0.1, 0.15) is 0 Å². The average Bonchev–Trinajstić information content (AvgIpc) is 2.55. The smallest absolute Gasteiger partial charge is 0.271 e. The van der Waals surface area contributed by atoms with Crippen LogP contribution in [0.4, 0.5) is 0 Å². The van der Waals surface area contributed by atoms with E-state index in [0.29, 0.717) is 17.1 Å². The van der Waals surface area contributed by atoms with Crippen LogP contribution in [0.15, 0.2) is 41.8 Å². The summed E-state index contributed by atoms with van der Waals surface area (Å²) in [5, 5.41) is 3.95. The number of carbonyl (C=O) groups excluding carboxylic acids is 1. The van der Waals surface area contributed by atoms with Gasteiger partial charge < -0.3 is 9.47 Å². The summed E-state index contributed by atoms with van der Waals surface area (Å²) < 4.78 is 11.4. The Morgan fingerprint density at radius 1 is 1.27 bits per heavy atom. The van der Waals surface area contributed by atoms with E-state index >= 15 is 0 Å². The lowest BCUT2D eigenvalue weighted by atomic mass is 10.2. The molecule has 0 aliphatic rings. The standard InChI is InChI=1S/C15H14IN3O3/c1-21-13-8-10(7-12(16)14(13)22-2)9-18-19-15(20)11-3-5-17-6-4-11/h3-9H,1-2H3,(H,19,20)/b18-9+. The second-order valence-corrected chi connectivity index (χ2v) is 5.34. The minimum Gasteiger partial charge on any atom is -0.493 e. The van der Waals surface area contributed by atoms with Crippen LogP contribution >= 0.6 is 22.6 Å². The molecule has 6 nitrogen and oxygen atoms in total. The van der Waals surface area contributed by atoms with Crippen LogP contribution in [-0.4, -0.2) is 31.3 Å². The lowest BCUT2D eigenvalue weighted by Crippen LogP contribution is -2.17. The Hall–Kier alpha value is -2.16. The molecule has 1 N–H and O–H groups in total. The molecule has 0 fully saturated rings. The van der Waals surface area contributed by atoms with E-state index in [0.717, 1.165) is 9.13 Å². The van der Waals surface area contributed by atoms with Crippen molar-refractivity contribution in [2.24, 2.45) is 5.10 Å². The first kappa shape index (κ1) is 16.2. The van der Waals surface area contributed by atoms with E-state index in [-0.39, 0.29) is 5.91 Å². The molecule has 1 aromatic carbocycles. The molecule has 0 radical (unpaired) electrons. The van der Waals surface area contributed by atoms with Crippen molar-refractivity contribution >= 4 is 34.7 Å². The Balaban J connectivity index is 2.10. The second kappa shape index (κ2) is 7.74. The van der Waals surface area contributed by atoms with Crippen LogP contribution < -0.4 is 14.9 Å². The molecule has 1 aromatic heterocycles. The zero-order valence-electron chi connectivity index (χ0n) is 12.0. The first-order valence-electron chi connectivity index (χ1n) is 6.30. The molecule has 0 aliphatic heterocycles. The fraction of sp³-hybridized carbons (Fsp3) is 0.133. The highest BCUT2D eigenvalue weighted by molar-refractivity contribution is 14.1. The number of hydrazone groups is 1. The number of pyridine rings is 1. The molecular formula is C15H14IN3O3. The Kier molecular flexibility index (Phi) is 5.70. The van der Waals surface area contributed by atoms with Gasteiger partial charge in [-0.15, -0.1) is 0 Å². The van der Waals surface area contributed by atoms with Crippen molar-refractivity contribution in [3.8, 4) is 11.5 Å². The van der Waals surface area contributed by atoms with Crippen LogP contribution in [0.2, 0.25) is 0 Å². The summed E-state index contributed by atoms with van der Waals surface area (Å²) in [4.78, 5) is 15.7. The summed E-state index contributed by atoms with van der Waals surface area (Å²) in [6.07, 6.45) is 4.65. The molecule has 0 saturated heterocycles. The third-order valence-electron chi connectivity index (χ3n) is 2.78. The van der Waals surface area contributed by atoms with Crippen molar-refractivity contribution in [1.82, 2.24) is 10.4 Å². The van der Waals surface area contributed by atoms with E-state index in [4.69, 9.17) is 9.47 Å². The fourth-order valence-corrected chi connectivity index (χ4v) is 2.59. The molecule has 0 saturated carbocycles. The lowest BCUT2D eigenvalue weighted by Gasteiger charge is -2.10. The number of amides is 1. The molecular weight excluding hydrogens is 397 g/mol. The van der Waals surface area contributed by atoms with Crippen molar-refractivity contribution in [1.29, 1.82) is 0 Å². The van der Waals surface area contributed by atoms with Gasteiger partial charge in [-0.2, -0.15) is 5.10 Å². The molecule has 22 heavy (non-hydrogen) atoms. The molecule has 7 heteroatoms. The number of hydrogen-bond donors (Lipinski definition) is 1. The van der Waals surface area contributed by atoms with Gasteiger partial charge in [-0.1, -0.05) is 0 Å². The number of aromatic nitrogens is 1. The normalized spacial score (nSPS) is 10.5. The summed E-state index contributed by atoms with van der Waals surface area (Å²) in [6, 6.07) is 6.89. The predicted octanol–water partition coefficient (Wildman–Crippen LogP) is 2.47. The number of methoxy groups -OCH3 is 2. The molecule has 2 rings (SSSR count). The molecule has 0 atom stereocenters. The maximum atomic E-state index is 11.8. The molecule has 0 unspecified atom stereocenters. The molecule has 1 amide bonds. The van der Waals surface area contributed by atoms with Crippen LogP contribution in [0.5, 0.6) is 11.5 Å². The monoisotopic (exact) mass is 411 g/mol. The van der Waals surface area contributed by atoms with Gasteiger partial charge in [-0.25, -0.2) is 5.43 Å². The van der Waals surface area contributed by atoms with E-state index in [9.17, 15) is 4.79 Å². The SMILES string of the molecule is COc1cc(/C=N/NC(=O)c2ccncc2)cc(I)c1OC. The van der Waals surface area contributed by atoms with Crippen molar-refractivity contribution in [2.75, 3.05) is 14.2 Å². The van der Waals surface area contributed by atoms with Crippen molar-refractivity contribution in [3.63, 3.8) is 0 Å². The maximum Gasteiger partial charge on any atom is 0.271 e. The fourth-order valence-electron chi connectivity index (χ4n) is 1.75. The van der Waals surface area contributed by atoms with Gasteiger partial charge in [0.15, 0.2) is 11.5 Å². The van der Waals surface area contributed by atoms with E-state index in [1.54, 1.807) is 51.0 Å². The topological polar surface area (TPSA) is 72.8 Å². The van der Waals surface area contributed by atoms with Crippen LogP contribution in [-0.2, 0) is 0 Å². The van der Waals surface area contributed by atoms with Crippen molar-refractivity contribution in [2.45, 2.75) is 0 Å². The number of nitrogens with one attached hydrogen (secondary N) is 1. The van der Waals surface area contributed by atoms with Crippen LogP contribution in [0, 0.1) is 3.57 Å². The second-order valence-electron chi connectivity index (χ2n) is 4.17. The number of hydrogen-bond acceptors (Lipinski definition) is 5.